The number of methoxy groups -OCH3 is 1. The minimum atomic E-state index is -1.70. The van der Waals surface area contributed by atoms with Gasteiger partial charge in [-0.2, -0.15) is 0 Å². The molecule has 170 valence electrons. The molecule has 1 aromatic heterocycles. The molecule has 1 aliphatic rings. The van der Waals surface area contributed by atoms with Gasteiger partial charge in [-0.25, -0.2) is 13.6 Å². The Hall–Kier alpha value is -3.30. The number of halogens is 2. The van der Waals surface area contributed by atoms with Gasteiger partial charge in [0.05, 0.1) is 17.8 Å². The summed E-state index contributed by atoms with van der Waals surface area (Å²) in [5.74, 6) is -0.891. The second kappa shape index (κ2) is 9.68. The SMILES string of the molecule is COc1ccc(CNC(=O)c2ccc3c(c2)C(=O)C(Cc2ccc(Cl)c(F)c2)S(=O)N3)cn1. The van der Waals surface area contributed by atoms with E-state index in [0.29, 0.717) is 17.1 Å². The van der Waals surface area contributed by atoms with E-state index in [1.807, 2.05) is 0 Å². The van der Waals surface area contributed by atoms with Crippen LogP contribution in [0.25, 0.3) is 0 Å². The number of anilines is 1. The first-order valence-electron chi connectivity index (χ1n) is 9.92. The fraction of sp³-hybridized carbons (Fsp3) is 0.174. The summed E-state index contributed by atoms with van der Waals surface area (Å²) in [6.07, 6.45) is 1.66. The number of pyridine rings is 1. The van der Waals surface area contributed by atoms with Crippen LogP contribution in [0.1, 0.15) is 31.8 Å². The van der Waals surface area contributed by atoms with Crippen LogP contribution in [0.15, 0.2) is 54.7 Å². The molecular formula is C23H19ClFN3O4S. The van der Waals surface area contributed by atoms with Crippen molar-refractivity contribution in [3.05, 3.63) is 87.8 Å². The van der Waals surface area contributed by atoms with Crippen LogP contribution in [0.5, 0.6) is 5.88 Å². The molecule has 0 saturated heterocycles. The maximum atomic E-state index is 13.8. The van der Waals surface area contributed by atoms with Crippen molar-refractivity contribution >= 4 is 40.0 Å². The van der Waals surface area contributed by atoms with Gasteiger partial charge < -0.3 is 14.8 Å². The van der Waals surface area contributed by atoms with Gasteiger partial charge in [0.2, 0.25) is 5.88 Å². The number of benzene rings is 2. The predicted molar refractivity (Wildman–Crippen MR) is 123 cm³/mol. The number of carbonyl (C=O) groups is 2. The number of ether oxygens (including phenoxy) is 1. The van der Waals surface area contributed by atoms with Crippen LogP contribution in [-0.2, 0) is 24.0 Å². The van der Waals surface area contributed by atoms with Crippen LogP contribution in [0, 0.1) is 5.82 Å². The minimum absolute atomic E-state index is 0.0283. The fourth-order valence-electron chi connectivity index (χ4n) is 3.40. The lowest BCUT2D eigenvalue weighted by Crippen LogP contribution is -2.37. The first-order valence-corrected chi connectivity index (χ1v) is 11.5. The third-order valence-electron chi connectivity index (χ3n) is 5.17. The van der Waals surface area contributed by atoms with Gasteiger partial charge in [0.15, 0.2) is 5.78 Å². The number of fused-ring (bicyclic) bond motifs is 1. The van der Waals surface area contributed by atoms with Gasteiger partial charge in [-0.05, 0) is 47.9 Å². The van der Waals surface area contributed by atoms with Crippen LogP contribution in [-0.4, -0.2) is 33.2 Å². The first-order chi connectivity index (χ1) is 15.9. The zero-order chi connectivity index (χ0) is 23.5. The Bertz CT molecular complexity index is 1250. The molecule has 0 fully saturated rings. The highest BCUT2D eigenvalue weighted by molar-refractivity contribution is 7.88. The van der Waals surface area contributed by atoms with E-state index in [4.69, 9.17) is 16.3 Å². The second-order valence-electron chi connectivity index (χ2n) is 7.36. The summed E-state index contributed by atoms with van der Waals surface area (Å²) < 4.78 is 34.2. The molecule has 2 atom stereocenters. The molecule has 0 spiro atoms. The van der Waals surface area contributed by atoms with Gasteiger partial charge >= 0.3 is 0 Å². The van der Waals surface area contributed by atoms with Gasteiger partial charge in [0.25, 0.3) is 5.91 Å². The molecule has 2 unspecified atom stereocenters. The quantitative estimate of drug-likeness (QED) is 0.552. The molecule has 2 aromatic carbocycles. The lowest BCUT2D eigenvalue weighted by Gasteiger charge is -2.24. The molecule has 4 rings (SSSR count). The van der Waals surface area contributed by atoms with Gasteiger partial charge in [0.1, 0.15) is 22.1 Å². The summed E-state index contributed by atoms with van der Waals surface area (Å²) in [6, 6.07) is 12.2. The third-order valence-corrected chi connectivity index (χ3v) is 6.80. The topological polar surface area (TPSA) is 97.4 Å². The average molecular weight is 488 g/mol. The summed E-state index contributed by atoms with van der Waals surface area (Å²) in [6.45, 7) is 0.244. The Morgan fingerprint density at radius 2 is 2.00 bits per heavy atom. The molecule has 0 aliphatic carbocycles. The Morgan fingerprint density at radius 3 is 2.70 bits per heavy atom. The van der Waals surface area contributed by atoms with Crippen molar-refractivity contribution in [2.24, 2.45) is 0 Å². The van der Waals surface area contributed by atoms with Gasteiger partial charge in [0, 0.05) is 29.9 Å². The molecule has 7 nitrogen and oxygen atoms in total. The van der Waals surface area contributed by atoms with Crippen molar-refractivity contribution in [1.29, 1.82) is 0 Å². The monoisotopic (exact) mass is 487 g/mol. The van der Waals surface area contributed by atoms with Crippen molar-refractivity contribution in [2.45, 2.75) is 18.2 Å². The maximum Gasteiger partial charge on any atom is 0.251 e. The second-order valence-corrected chi connectivity index (χ2v) is 9.13. The van der Waals surface area contributed by atoms with Crippen LogP contribution in [0.4, 0.5) is 10.1 Å². The van der Waals surface area contributed by atoms with Crippen LogP contribution in [0.3, 0.4) is 0 Å². The summed E-state index contributed by atoms with van der Waals surface area (Å²) >= 11 is 5.71. The Kier molecular flexibility index (Phi) is 6.71. The third kappa shape index (κ3) is 5.04. The Labute approximate surface area is 196 Å². The van der Waals surface area contributed by atoms with E-state index >= 15 is 0 Å². The van der Waals surface area contributed by atoms with Crippen molar-refractivity contribution in [1.82, 2.24) is 10.3 Å². The smallest absolute Gasteiger partial charge is 0.251 e. The van der Waals surface area contributed by atoms with E-state index in [1.54, 1.807) is 36.5 Å². The van der Waals surface area contributed by atoms with Crippen molar-refractivity contribution in [3.63, 3.8) is 0 Å². The normalized spacial score (nSPS) is 17.1. The lowest BCUT2D eigenvalue weighted by molar-refractivity contribution is 0.0951. The number of carbonyl (C=O) groups excluding carboxylic acids is 2. The number of ketones is 1. The summed E-state index contributed by atoms with van der Waals surface area (Å²) in [7, 11) is -0.185. The molecule has 1 aliphatic heterocycles. The molecule has 0 radical (unpaired) electrons. The van der Waals surface area contributed by atoms with Crippen molar-refractivity contribution in [3.8, 4) is 5.88 Å². The fourth-order valence-corrected chi connectivity index (χ4v) is 4.72. The molecule has 2 N–H and O–H groups in total. The van der Waals surface area contributed by atoms with E-state index < -0.39 is 22.1 Å². The lowest BCUT2D eigenvalue weighted by atomic mass is 9.98. The molecule has 0 saturated carbocycles. The number of hydrogen-bond donors (Lipinski definition) is 2. The molecule has 3 aromatic rings. The van der Waals surface area contributed by atoms with Crippen LogP contribution < -0.4 is 14.8 Å². The largest absolute Gasteiger partial charge is 0.481 e. The van der Waals surface area contributed by atoms with Gasteiger partial charge in [-0.1, -0.05) is 23.7 Å². The standard InChI is InChI=1S/C23H19ClFN3O4S/c1-32-21-7-3-14(11-26-21)12-27-23(30)15-4-6-19-16(10-15)22(29)20(33(31)28-19)9-13-2-5-17(24)18(25)8-13/h2-8,10-11,20,28H,9,12H2,1H3,(H,27,30). The molecule has 0 bridgehead atoms. The van der Waals surface area contributed by atoms with Crippen LogP contribution >= 0.6 is 11.6 Å². The van der Waals surface area contributed by atoms with Gasteiger partial charge in [-0.15, -0.1) is 0 Å². The zero-order valence-electron chi connectivity index (χ0n) is 17.4. The summed E-state index contributed by atoms with van der Waals surface area (Å²) in [5.41, 5.74) is 2.20. The zero-order valence-corrected chi connectivity index (χ0v) is 19.0. The van der Waals surface area contributed by atoms with Crippen molar-refractivity contribution < 1.29 is 22.9 Å². The molecule has 33 heavy (non-hydrogen) atoms. The van der Waals surface area contributed by atoms with E-state index in [1.165, 1.54) is 25.3 Å². The van der Waals surface area contributed by atoms with E-state index in [0.717, 1.165) is 5.56 Å². The van der Waals surface area contributed by atoms with Crippen LogP contribution in [0.2, 0.25) is 5.02 Å². The van der Waals surface area contributed by atoms with E-state index in [9.17, 15) is 18.2 Å². The number of amides is 1. The number of nitrogens with one attached hydrogen (secondary N) is 2. The Morgan fingerprint density at radius 1 is 1.21 bits per heavy atom. The highest BCUT2D eigenvalue weighted by Gasteiger charge is 2.34. The van der Waals surface area contributed by atoms with Crippen molar-refractivity contribution in [2.75, 3.05) is 11.8 Å². The molecular weight excluding hydrogens is 469 g/mol. The number of hydrogen-bond acceptors (Lipinski definition) is 5. The number of aromatic nitrogens is 1. The number of rotatable bonds is 6. The van der Waals surface area contributed by atoms with E-state index in [2.05, 4.69) is 15.0 Å². The maximum absolute atomic E-state index is 13.8. The summed E-state index contributed by atoms with van der Waals surface area (Å²) in [4.78, 5) is 29.8. The highest BCUT2D eigenvalue weighted by Crippen LogP contribution is 2.29. The Balaban J connectivity index is 1.49. The number of Topliss-reactive ketones (excluding diaryl/α,β-unsaturated/α-hetero) is 1. The summed E-state index contributed by atoms with van der Waals surface area (Å²) in [5, 5.41) is 1.82. The molecule has 2 heterocycles. The highest BCUT2D eigenvalue weighted by atomic mass is 35.5. The minimum Gasteiger partial charge on any atom is -0.481 e. The van der Waals surface area contributed by atoms with E-state index in [-0.39, 0.29) is 40.8 Å². The number of nitrogens with zero attached hydrogens (tertiary/aromatic N) is 1. The van der Waals surface area contributed by atoms with Gasteiger partial charge in [-0.3, -0.25) is 9.59 Å². The first kappa shape index (κ1) is 22.9. The molecule has 10 heteroatoms. The average Bonchev–Trinajstić information content (AvgIpc) is 2.82. The molecule has 1 amide bonds. The predicted octanol–water partition coefficient (Wildman–Crippen LogP) is 3.70.